The van der Waals surface area contributed by atoms with Crippen molar-refractivity contribution in [1.29, 1.82) is 0 Å². The zero-order valence-corrected chi connectivity index (χ0v) is 13.3. The van der Waals surface area contributed by atoms with Crippen molar-refractivity contribution in [2.75, 3.05) is 13.7 Å². The molecule has 3 heteroatoms. The van der Waals surface area contributed by atoms with E-state index >= 15 is 0 Å². The van der Waals surface area contributed by atoms with E-state index in [1.807, 2.05) is 12.1 Å². The Balaban J connectivity index is 2.06. The molecule has 0 spiro atoms. The van der Waals surface area contributed by atoms with Gasteiger partial charge in [0.2, 0.25) is 0 Å². The maximum absolute atomic E-state index is 5.28. The highest BCUT2D eigenvalue weighted by molar-refractivity contribution is 9.10. The summed E-state index contributed by atoms with van der Waals surface area (Å²) in [6, 6.07) is 6.73. The van der Waals surface area contributed by atoms with E-state index in [4.69, 9.17) is 4.74 Å². The van der Waals surface area contributed by atoms with E-state index in [2.05, 4.69) is 40.3 Å². The van der Waals surface area contributed by atoms with Crippen molar-refractivity contribution in [3.63, 3.8) is 0 Å². The third kappa shape index (κ3) is 4.36. The topological polar surface area (TPSA) is 21.3 Å². The highest BCUT2D eigenvalue weighted by Crippen LogP contribution is 2.26. The SMILES string of the molecule is COc1ccc(Br)c(/C=C(/C)CC2CCCCN2)c1. The summed E-state index contributed by atoms with van der Waals surface area (Å²) in [6.07, 6.45) is 7.35. The third-order valence-electron chi connectivity index (χ3n) is 3.59. The second-order valence-corrected chi connectivity index (χ2v) is 6.08. The highest BCUT2D eigenvalue weighted by Gasteiger charge is 2.12. The molecule has 0 amide bonds. The summed E-state index contributed by atoms with van der Waals surface area (Å²) in [4.78, 5) is 0. The van der Waals surface area contributed by atoms with Crippen molar-refractivity contribution in [3.8, 4) is 5.75 Å². The largest absolute Gasteiger partial charge is 0.497 e. The van der Waals surface area contributed by atoms with Crippen LogP contribution in [0.3, 0.4) is 0 Å². The number of hydrogen-bond acceptors (Lipinski definition) is 2. The van der Waals surface area contributed by atoms with Crippen LogP contribution in [0.5, 0.6) is 5.75 Å². The maximum atomic E-state index is 5.28. The minimum atomic E-state index is 0.648. The number of piperidine rings is 1. The molecule has 1 unspecified atom stereocenters. The van der Waals surface area contributed by atoms with Gasteiger partial charge in [0.1, 0.15) is 5.75 Å². The van der Waals surface area contributed by atoms with Gasteiger partial charge in [-0.15, -0.1) is 0 Å². The number of methoxy groups -OCH3 is 1. The lowest BCUT2D eigenvalue weighted by molar-refractivity contribution is 0.399. The van der Waals surface area contributed by atoms with Crippen LogP contribution in [0.25, 0.3) is 6.08 Å². The van der Waals surface area contributed by atoms with Gasteiger partial charge in [0, 0.05) is 10.5 Å². The fraction of sp³-hybridized carbons (Fsp3) is 0.500. The van der Waals surface area contributed by atoms with Crippen LogP contribution in [-0.2, 0) is 0 Å². The first-order chi connectivity index (χ1) is 9.19. The second-order valence-electron chi connectivity index (χ2n) is 5.23. The molecule has 0 bridgehead atoms. The zero-order valence-electron chi connectivity index (χ0n) is 11.7. The molecule has 2 rings (SSSR count). The molecule has 104 valence electrons. The molecule has 0 aliphatic carbocycles. The maximum Gasteiger partial charge on any atom is 0.119 e. The van der Waals surface area contributed by atoms with Crippen LogP contribution in [0.1, 0.15) is 38.2 Å². The van der Waals surface area contributed by atoms with Gasteiger partial charge in [-0.05, 0) is 56.5 Å². The Kier molecular flexibility index (Phi) is 5.46. The van der Waals surface area contributed by atoms with Crippen LogP contribution in [0.15, 0.2) is 28.2 Å². The predicted octanol–water partition coefficient (Wildman–Crippen LogP) is 4.39. The fourth-order valence-electron chi connectivity index (χ4n) is 2.57. The van der Waals surface area contributed by atoms with Crippen LogP contribution in [0, 0.1) is 0 Å². The van der Waals surface area contributed by atoms with Crippen molar-refractivity contribution in [2.45, 2.75) is 38.6 Å². The van der Waals surface area contributed by atoms with Crippen LogP contribution in [0.2, 0.25) is 0 Å². The lowest BCUT2D eigenvalue weighted by Gasteiger charge is -2.23. The number of hydrogen-bond donors (Lipinski definition) is 1. The molecule has 1 N–H and O–H groups in total. The summed E-state index contributed by atoms with van der Waals surface area (Å²) >= 11 is 3.60. The van der Waals surface area contributed by atoms with E-state index < -0.39 is 0 Å². The molecule has 1 aliphatic heterocycles. The first kappa shape index (κ1) is 14.6. The first-order valence-corrected chi connectivity index (χ1v) is 7.72. The highest BCUT2D eigenvalue weighted by atomic mass is 79.9. The zero-order chi connectivity index (χ0) is 13.7. The second kappa shape index (κ2) is 7.11. The number of halogens is 1. The van der Waals surface area contributed by atoms with Gasteiger partial charge in [-0.2, -0.15) is 0 Å². The summed E-state index contributed by atoms with van der Waals surface area (Å²) in [5.74, 6) is 0.901. The molecule has 1 fully saturated rings. The summed E-state index contributed by atoms with van der Waals surface area (Å²) in [7, 11) is 1.70. The van der Waals surface area contributed by atoms with E-state index in [1.165, 1.54) is 36.9 Å². The Morgan fingerprint density at radius 1 is 1.47 bits per heavy atom. The minimum Gasteiger partial charge on any atom is -0.497 e. The van der Waals surface area contributed by atoms with Crippen molar-refractivity contribution in [2.24, 2.45) is 0 Å². The molecule has 0 aromatic heterocycles. The van der Waals surface area contributed by atoms with Gasteiger partial charge in [0.05, 0.1) is 7.11 Å². The molecule has 1 saturated heterocycles. The average molecular weight is 324 g/mol. The van der Waals surface area contributed by atoms with Crippen molar-refractivity contribution >= 4 is 22.0 Å². The smallest absolute Gasteiger partial charge is 0.119 e. The Morgan fingerprint density at radius 2 is 2.32 bits per heavy atom. The molecule has 1 aliphatic rings. The Hall–Kier alpha value is -0.800. The molecular weight excluding hydrogens is 302 g/mol. The van der Waals surface area contributed by atoms with Gasteiger partial charge in [-0.1, -0.05) is 34.0 Å². The minimum absolute atomic E-state index is 0.648. The molecule has 0 saturated carbocycles. The van der Waals surface area contributed by atoms with Gasteiger partial charge < -0.3 is 10.1 Å². The molecule has 1 atom stereocenters. The Bertz CT molecular complexity index is 450. The molecule has 1 heterocycles. The number of rotatable bonds is 4. The predicted molar refractivity (Wildman–Crippen MR) is 84.6 cm³/mol. The van der Waals surface area contributed by atoms with E-state index in [9.17, 15) is 0 Å². The average Bonchev–Trinajstić information content (AvgIpc) is 2.42. The molecule has 0 radical (unpaired) electrons. The van der Waals surface area contributed by atoms with Gasteiger partial charge in [-0.3, -0.25) is 0 Å². The molecule has 19 heavy (non-hydrogen) atoms. The van der Waals surface area contributed by atoms with Gasteiger partial charge in [-0.25, -0.2) is 0 Å². The van der Waals surface area contributed by atoms with Gasteiger partial charge in [0.15, 0.2) is 0 Å². The van der Waals surface area contributed by atoms with Crippen molar-refractivity contribution < 1.29 is 4.74 Å². The van der Waals surface area contributed by atoms with Gasteiger partial charge >= 0.3 is 0 Å². The van der Waals surface area contributed by atoms with Gasteiger partial charge in [0.25, 0.3) is 0 Å². The molecule has 1 aromatic carbocycles. The Labute approximate surface area is 124 Å². The van der Waals surface area contributed by atoms with Crippen LogP contribution >= 0.6 is 15.9 Å². The summed E-state index contributed by atoms with van der Waals surface area (Å²) in [6.45, 7) is 3.38. The van der Waals surface area contributed by atoms with Crippen molar-refractivity contribution in [1.82, 2.24) is 5.32 Å². The summed E-state index contributed by atoms with van der Waals surface area (Å²) < 4.78 is 6.39. The normalized spacial score (nSPS) is 20.4. The van der Waals surface area contributed by atoms with E-state index in [0.717, 1.165) is 16.6 Å². The molecule has 1 aromatic rings. The first-order valence-electron chi connectivity index (χ1n) is 6.93. The summed E-state index contributed by atoms with van der Waals surface area (Å²) in [5, 5.41) is 3.60. The lowest BCUT2D eigenvalue weighted by atomic mass is 9.97. The van der Waals surface area contributed by atoms with E-state index in [-0.39, 0.29) is 0 Å². The lowest BCUT2D eigenvalue weighted by Crippen LogP contribution is -2.33. The monoisotopic (exact) mass is 323 g/mol. The van der Waals surface area contributed by atoms with Crippen molar-refractivity contribution in [3.05, 3.63) is 33.8 Å². The number of nitrogens with one attached hydrogen (secondary N) is 1. The van der Waals surface area contributed by atoms with Crippen LogP contribution in [-0.4, -0.2) is 19.7 Å². The van der Waals surface area contributed by atoms with E-state index in [1.54, 1.807) is 7.11 Å². The summed E-state index contributed by atoms with van der Waals surface area (Å²) in [5.41, 5.74) is 2.60. The Morgan fingerprint density at radius 3 is 3.00 bits per heavy atom. The molecule has 2 nitrogen and oxygen atoms in total. The van der Waals surface area contributed by atoms with Crippen LogP contribution < -0.4 is 10.1 Å². The third-order valence-corrected chi connectivity index (χ3v) is 4.31. The quantitative estimate of drug-likeness (QED) is 0.887. The molecular formula is C16H22BrNO. The number of benzene rings is 1. The van der Waals surface area contributed by atoms with E-state index in [0.29, 0.717) is 6.04 Å². The van der Waals surface area contributed by atoms with Crippen LogP contribution in [0.4, 0.5) is 0 Å². The standard InChI is InChI=1S/C16H22BrNO/c1-12(10-14-5-3-4-8-18-14)9-13-11-15(19-2)6-7-16(13)17/h6-7,9,11,14,18H,3-5,8,10H2,1-2H3/b12-9-. The number of ether oxygens (including phenoxy) is 1. The fourth-order valence-corrected chi connectivity index (χ4v) is 2.93.